The van der Waals surface area contributed by atoms with E-state index in [1.54, 1.807) is 34.0 Å². The third kappa shape index (κ3) is 4.20. The van der Waals surface area contributed by atoms with Crippen molar-refractivity contribution in [3.63, 3.8) is 0 Å². The monoisotopic (exact) mass is 399 g/mol. The number of rotatable bonds is 4. The molecule has 1 fully saturated rings. The largest absolute Gasteiger partial charge is 0.496 e. The van der Waals surface area contributed by atoms with Crippen LogP contribution in [0.2, 0.25) is 0 Å². The molecule has 0 bridgehead atoms. The topological polar surface area (TPSA) is 72.9 Å². The summed E-state index contributed by atoms with van der Waals surface area (Å²) in [5.41, 5.74) is 0.107. The lowest BCUT2D eigenvalue weighted by molar-refractivity contribution is -0.156. The van der Waals surface area contributed by atoms with Gasteiger partial charge in [0.05, 0.1) is 12.0 Å². The minimum Gasteiger partial charge on any atom is -0.496 e. The lowest BCUT2D eigenvalue weighted by atomic mass is 10.0. The number of nitrogens with zero attached hydrogens (tertiary/aromatic N) is 1. The number of ether oxygens (including phenoxy) is 2. The van der Waals surface area contributed by atoms with E-state index in [9.17, 15) is 14.4 Å². The van der Waals surface area contributed by atoms with Crippen molar-refractivity contribution in [3.8, 4) is 5.75 Å². The smallest absolute Gasteiger partial charge is 0.326 e. The Morgan fingerprint density at radius 3 is 2.43 bits per heavy atom. The lowest BCUT2D eigenvalue weighted by Gasteiger charge is -2.21. The molecule has 6 nitrogen and oxygen atoms in total. The Bertz CT molecular complexity index is 990. The molecule has 7 heteroatoms. The number of benzene rings is 2. The van der Waals surface area contributed by atoms with Crippen molar-refractivity contribution in [1.29, 1.82) is 0 Å². The van der Waals surface area contributed by atoms with Gasteiger partial charge in [-0.2, -0.15) is 0 Å². The second kappa shape index (κ2) is 7.67. The van der Waals surface area contributed by atoms with E-state index in [0.717, 1.165) is 38.7 Å². The molecule has 1 aliphatic heterocycles. The summed E-state index contributed by atoms with van der Waals surface area (Å²) >= 11 is 0.815. The molecule has 2 aromatic carbocycles. The number of carbonyl (C=O) groups excluding carboxylic acids is 3. The predicted molar refractivity (Wildman–Crippen MR) is 109 cm³/mol. The van der Waals surface area contributed by atoms with Crippen molar-refractivity contribution in [2.24, 2.45) is 0 Å². The van der Waals surface area contributed by atoms with Gasteiger partial charge in [0, 0.05) is 5.39 Å². The van der Waals surface area contributed by atoms with Gasteiger partial charge >= 0.3 is 5.97 Å². The van der Waals surface area contributed by atoms with E-state index in [0.29, 0.717) is 0 Å². The van der Waals surface area contributed by atoms with E-state index in [1.807, 2.05) is 36.4 Å². The van der Waals surface area contributed by atoms with Gasteiger partial charge in [0.1, 0.15) is 17.9 Å². The maximum absolute atomic E-state index is 12.7. The first-order valence-electron chi connectivity index (χ1n) is 8.72. The van der Waals surface area contributed by atoms with E-state index in [4.69, 9.17) is 9.47 Å². The molecule has 28 heavy (non-hydrogen) atoms. The Morgan fingerprint density at radius 1 is 1.11 bits per heavy atom. The molecule has 2 amide bonds. The molecular formula is C21H21NO5S. The first kappa shape index (κ1) is 19.9. The van der Waals surface area contributed by atoms with E-state index in [2.05, 4.69) is 0 Å². The fourth-order valence-electron chi connectivity index (χ4n) is 2.88. The number of carbonyl (C=O) groups is 3. The highest BCUT2D eigenvalue weighted by molar-refractivity contribution is 8.18. The highest BCUT2D eigenvalue weighted by Crippen LogP contribution is 2.35. The third-order valence-electron chi connectivity index (χ3n) is 4.01. The van der Waals surface area contributed by atoms with Gasteiger partial charge in [-0.3, -0.25) is 19.3 Å². The van der Waals surface area contributed by atoms with Gasteiger partial charge in [0.2, 0.25) is 0 Å². The second-order valence-corrected chi connectivity index (χ2v) is 8.25. The van der Waals surface area contributed by atoms with Gasteiger partial charge in [-0.05, 0) is 55.6 Å². The molecule has 1 heterocycles. The Kier molecular flexibility index (Phi) is 5.47. The number of thioether (sulfide) groups is 1. The van der Waals surface area contributed by atoms with E-state index in [1.165, 1.54) is 0 Å². The number of fused-ring (bicyclic) bond motifs is 1. The summed E-state index contributed by atoms with van der Waals surface area (Å²) in [5.74, 6) is -0.391. The normalized spacial score (nSPS) is 16.1. The summed E-state index contributed by atoms with van der Waals surface area (Å²) in [6.07, 6.45) is 1.67. The van der Waals surface area contributed by atoms with Crippen LogP contribution in [0.4, 0.5) is 4.79 Å². The van der Waals surface area contributed by atoms with Gasteiger partial charge in [-0.15, -0.1) is 0 Å². The average Bonchev–Trinajstić information content (AvgIpc) is 2.88. The van der Waals surface area contributed by atoms with Crippen LogP contribution in [0.15, 0.2) is 41.3 Å². The zero-order valence-corrected chi connectivity index (χ0v) is 17.0. The first-order valence-corrected chi connectivity index (χ1v) is 9.54. The Hall–Kier alpha value is -2.80. The number of amides is 2. The molecule has 0 atom stereocenters. The van der Waals surface area contributed by atoms with E-state index in [-0.39, 0.29) is 4.91 Å². The van der Waals surface area contributed by atoms with Crippen molar-refractivity contribution in [2.75, 3.05) is 13.7 Å². The molecule has 2 aromatic rings. The molecular weight excluding hydrogens is 378 g/mol. The maximum Gasteiger partial charge on any atom is 0.326 e. The zero-order chi connectivity index (χ0) is 20.5. The lowest BCUT2D eigenvalue weighted by Crippen LogP contribution is -2.37. The van der Waals surface area contributed by atoms with E-state index < -0.39 is 29.3 Å². The highest BCUT2D eigenvalue weighted by atomic mass is 32.2. The first-order chi connectivity index (χ1) is 13.2. The molecule has 0 N–H and O–H groups in total. The van der Waals surface area contributed by atoms with Crippen LogP contribution in [-0.4, -0.2) is 41.3 Å². The predicted octanol–water partition coefficient (Wildman–Crippen LogP) is 4.23. The van der Waals surface area contributed by atoms with Crippen molar-refractivity contribution in [2.45, 2.75) is 26.4 Å². The Morgan fingerprint density at radius 2 is 1.79 bits per heavy atom. The maximum atomic E-state index is 12.7. The average molecular weight is 399 g/mol. The molecule has 0 aliphatic carbocycles. The second-order valence-electron chi connectivity index (χ2n) is 7.26. The summed E-state index contributed by atoms with van der Waals surface area (Å²) in [5, 5.41) is 1.33. The van der Waals surface area contributed by atoms with Gasteiger partial charge < -0.3 is 9.47 Å². The molecule has 0 spiro atoms. The Labute approximate surface area is 167 Å². The van der Waals surface area contributed by atoms with Crippen LogP contribution in [0, 0.1) is 0 Å². The van der Waals surface area contributed by atoms with Gasteiger partial charge in [-0.25, -0.2) is 0 Å². The van der Waals surface area contributed by atoms with Gasteiger partial charge in [-0.1, -0.05) is 30.3 Å². The van der Waals surface area contributed by atoms with Crippen molar-refractivity contribution in [3.05, 3.63) is 46.9 Å². The zero-order valence-electron chi connectivity index (χ0n) is 16.1. The molecule has 146 valence electrons. The van der Waals surface area contributed by atoms with Crippen LogP contribution in [0.25, 0.3) is 16.8 Å². The van der Waals surface area contributed by atoms with E-state index >= 15 is 0 Å². The molecule has 1 aliphatic rings. The summed E-state index contributed by atoms with van der Waals surface area (Å²) in [6, 6.07) is 11.3. The highest BCUT2D eigenvalue weighted by Gasteiger charge is 2.37. The molecule has 0 unspecified atom stereocenters. The summed E-state index contributed by atoms with van der Waals surface area (Å²) in [6.45, 7) is 4.79. The van der Waals surface area contributed by atoms with Crippen LogP contribution in [0.1, 0.15) is 26.3 Å². The van der Waals surface area contributed by atoms with Gasteiger partial charge in [0.15, 0.2) is 0 Å². The van der Waals surface area contributed by atoms with Crippen LogP contribution in [-0.2, 0) is 14.3 Å². The summed E-state index contributed by atoms with van der Waals surface area (Å²) in [4.78, 5) is 38.1. The molecule has 0 aromatic heterocycles. The quantitative estimate of drug-likeness (QED) is 0.566. The van der Waals surface area contributed by atoms with Crippen molar-refractivity contribution < 1.29 is 23.9 Å². The van der Waals surface area contributed by atoms with Crippen LogP contribution >= 0.6 is 11.8 Å². The standard InChI is InChI=1S/C21H21NO5S/c1-21(2,3)27-18(23)12-22-19(24)17(28-20(22)25)11-13-9-10-16(26-4)15-8-6-5-7-14(13)15/h5-11H,12H2,1-4H3/b17-11+. The fraction of sp³-hybridized carbons (Fsp3) is 0.286. The summed E-state index contributed by atoms with van der Waals surface area (Å²) in [7, 11) is 1.60. The minimum absolute atomic E-state index is 0.267. The van der Waals surface area contributed by atoms with Crippen LogP contribution < -0.4 is 4.74 Å². The van der Waals surface area contributed by atoms with Crippen LogP contribution in [0.3, 0.4) is 0 Å². The number of esters is 1. The molecule has 0 radical (unpaired) electrons. The van der Waals surface area contributed by atoms with Crippen molar-refractivity contribution in [1.82, 2.24) is 4.90 Å². The Balaban J connectivity index is 1.88. The number of imide groups is 1. The number of hydrogen-bond acceptors (Lipinski definition) is 6. The third-order valence-corrected chi connectivity index (χ3v) is 4.91. The number of methoxy groups -OCH3 is 1. The number of hydrogen-bond donors (Lipinski definition) is 0. The van der Waals surface area contributed by atoms with Crippen molar-refractivity contribution >= 4 is 45.7 Å². The molecule has 1 saturated heterocycles. The van der Waals surface area contributed by atoms with Crippen LogP contribution in [0.5, 0.6) is 5.75 Å². The van der Waals surface area contributed by atoms with Gasteiger partial charge in [0.25, 0.3) is 11.1 Å². The SMILES string of the molecule is COc1ccc(/C=C2/SC(=O)N(CC(=O)OC(C)(C)C)C2=O)c2ccccc12. The summed E-state index contributed by atoms with van der Waals surface area (Å²) < 4.78 is 10.6. The molecule has 0 saturated carbocycles. The molecule has 3 rings (SSSR count). The minimum atomic E-state index is -0.684. The fourth-order valence-corrected chi connectivity index (χ4v) is 3.71.